The van der Waals surface area contributed by atoms with Gasteiger partial charge in [0.05, 0.1) is 12.7 Å². The lowest BCUT2D eigenvalue weighted by molar-refractivity contribution is 0.103. The fraction of sp³-hybridized carbons (Fsp3) is 0.235. The largest absolute Gasteiger partial charge is 0.494 e. The minimum atomic E-state index is -0.618. The van der Waals surface area contributed by atoms with Crippen LogP contribution in [0.25, 0.3) is 0 Å². The topological polar surface area (TPSA) is 26.3 Å². The summed E-state index contributed by atoms with van der Waals surface area (Å²) in [4.78, 5) is 12.3. The van der Waals surface area contributed by atoms with Gasteiger partial charge in [0.25, 0.3) is 0 Å². The normalized spacial score (nSPS) is 10.7. The molecule has 0 aliphatic rings. The molecule has 0 spiro atoms. The summed E-state index contributed by atoms with van der Waals surface area (Å²) in [7, 11) is 1.38. The monoisotopic (exact) mass is 272 g/mol. The van der Waals surface area contributed by atoms with E-state index in [9.17, 15) is 9.18 Å². The van der Waals surface area contributed by atoms with E-state index >= 15 is 0 Å². The Balaban J connectivity index is 2.36. The predicted octanol–water partition coefficient (Wildman–Crippen LogP) is 4.19. The van der Waals surface area contributed by atoms with Crippen LogP contribution in [0.2, 0.25) is 0 Å². The molecule has 0 unspecified atom stereocenters. The van der Waals surface area contributed by atoms with E-state index in [2.05, 4.69) is 13.8 Å². The van der Waals surface area contributed by atoms with Crippen molar-refractivity contribution in [2.45, 2.75) is 19.8 Å². The van der Waals surface area contributed by atoms with Crippen LogP contribution in [-0.2, 0) is 0 Å². The number of carbonyl (C=O) groups is 1. The third-order valence-electron chi connectivity index (χ3n) is 3.27. The molecule has 104 valence electrons. The molecule has 3 heteroatoms. The van der Waals surface area contributed by atoms with E-state index < -0.39 is 5.82 Å². The van der Waals surface area contributed by atoms with Crippen LogP contribution in [0.5, 0.6) is 5.75 Å². The van der Waals surface area contributed by atoms with E-state index in [-0.39, 0.29) is 17.1 Å². The van der Waals surface area contributed by atoms with Crippen LogP contribution >= 0.6 is 0 Å². The summed E-state index contributed by atoms with van der Waals surface area (Å²) < 4.78 is 19.0. The van der Waals surface area contributed by atoms with E-state index in [1.54, 1.807) is 18.2 Å². The van der Waals surface area contributed by atoms with Crippen molar-refractivity contribution in [2.75, 3.05) is 7.11 Å². The van der Waals surface area contributed by atoms with Crippen molar-refractivity contribution in [3.63, 3.8) is 0 Å². The van der Waals surface area contributed by atoms with Crippen LogP contribution in [-0.4, -0.2) is 12.9 Å². The van der Waals surface area contributed by atoms with Gasteiger partial charge in [-0.15, -0.1) is 0 Å². The van der Waals surface area contributed by atoms with Crippen LogP contribution in [0.1, 0.15) is 41.3 Å². The molecule has 0 amide bonds. The zero-order valence-electron chi connectivity index (χ0n) is 11.8. The zero-order valence-corrected chi connectivity index (χ0v) is 11.8. The molecule has 0 aromatic heterocycles. The average molecular weight is 272 g/mol. The number of rotatable bonds is 4. The third-order valence-corrected chi connectivity index (χ3v) is 3.27. The molecule has 0 aliphatic carbocycles. The van der Waals surface area contributed by atoms with Crippen molar-refractivity contribution < 1.29 is 13.9 Å². The molecular formula is C17H17FO2. The molecule has 0 radical (unpaired) electrons. The van der Waals surface area contributed by atoms with Gasteiger partial charge in [-0.2, -0.15) is 0 Å². The maximum Gasteiger partial charge on any atom is 0.196 e. The zero-order chi connectivity index (χ0) is 14.7. The standard InChI is InChI=1S/C17H17FO2/c1-11(2)12-7-9-13(10-8-12)17(19)14-5-4-6-15(20-3)16(14)18/h4-11H,1-3H3. The molecule has 0 bridgehead atoms. The van der Waals surface area contributed by atoms with E-state index in [1.165, 1.54) is 19.2 Å². The number of halogens is 1. The number of methoxy groups -OCH3 is 1. The van der Waals surface area contributed by atoms with Gasteiger partial charge < -0.3 is 4.74 Å². The highest BCUT2D eigenvalue weighted by Gasteiger charge is 2.17. The van der Waals surface area contributed by atoms with Gasteiger partial charge in [-0.3, -0.25) is 4.79 Å². The van der Waals surface area contributed by atoms with E-state index in [1.807, 2.05) is 12.1 Å². The van der Waals surface area contributed by atoms with Gasteiger partial charge in [0, 0.05) is 5.56 Å². The minimum Gasteiger partial charge on any atom is -0.494 e. The van der Waals surface area contributed by atoms with Crippen LogP contribution < -0.4 is 4.74 Å². The quantitative estimate of drug-likeness (QED) is 0.780. The number of ketones is 1. The summed E-state index contributed by atoms with van der Waals surface area (Å²) in [6.45, 7) is 4.16. The van der Waals surface area contributed by atoms with Gasteiger partial charge in [0.2, 0.25) is 0 Å². The second-order valence-electron chi connectivity index (χ2n) is 4.93. The Bertz CT molecular complexity index is 615. The molecule has 0 saturated carbocycles. The molecule has 20 heavy (non-hydrogen) atoms. The first-order chi connectivity index (χ1) is 9.54. The lowest BCUT2D eigenvalue weighted by atomic mass is 9.98. The molecule has 0 saturated heterocycles. The first-order valence-electron chi connectivity index (χ1n) is 6.51. The number of hydrogen-bond acceptors (Lipinski definition) is 2. The van der Waals surface area contributed by atoms with Crippen molar-refractivity contribution in [2.24, 2.45) is 0 Å². The first kappa shape index (κ1) is 14.3. The van der Waals surface area contributed by atoms with Crippen molar-refractivity contribution in [1.29, 1.82) is 0 Å². The Morgan fingerprint density at radius 3 is 2.30 bits per heavy atom. The summed E-state index contributed by atoms with van der Waals surface area (Å²) in [5, 5.41) is 0. The number of benzene rings is 2. The Labute approximate surface area is 118 Å². The molecular weight excluding hydrogens is 255 g/mol. The summed E-state index contributed by atoms with van der Waals surface area (Å²) >= 11 is 0. The molecule has 0 N–H and O–H groups in total. The molecule has 0 atom stereocenters. The highest BCUT2D eigenvalue weighted by Crippen LogP contribution is 2.23. The Hall–Kier alpha value is -2.16. The molecule has 2 rings (SSSR count). The van der Waals surface area contributed by atoms with Gasteiger partial charge in [0.15, 0.2) is 17.3 Å². The average Bonchev–Trinajstić information content (AvgIpc) is 2.47. The fourth-order valence-electron chi connectivity index (χ4n) is 2.02. The Kier molecular flexibility index (Phi) is 4.18. The van der Waals surface area contributed by atoms with Gasteiger partial charge in [-0.25, -0.2) is 4.39 Å². The predicted molar refractivity (Wildman–Crippen MR) is 76.9 cm³/mol. The van der Waals surface area contributed by atoms with Gasteiger partial charge in [-0.1, -0.05) is 44.2 Å². The Morgan fingerprint density at radius 1 is 1.10 bits per heavy atom. The second-order valence-corrected chi connectivity index (χ2v) is 4.93. The van der Waals surface area contributed by atoms with Crippen LogP contribution in [0.15, 0.2) is 42.5 Å². The second kappa shape index (κ2) is 5.87. The van der Waals surface area contributed by atoms with E-state index in [0.717, 1.165) is 5.56 Å². The summed E-state index contributed by atoms with van der Waals surface area (Å²) in [5.74, 6) is -0.480. The van der Waals surface area contributed by atoms with E-state index in [4.69, 9.17) is 4.74 Å². The van der Waals surface area contributed by atoms with Gasteiger partial charge in [0.1, 0.15) is 0 Å². The van der Waals surface area contributed by atoms with Crippen LogP contribution in [0, 0.1) is 5.82 Å². The maximum atomic E-state index is 14.1. The van der Waals surface area contributed by atoms with Crippen LogP contribution in [0.3, 0.4) is 0 Å². The molecule has 2 nitrogen and oxygen atoms in total. The molecule has 0 fully saturated rings. The smallest absolute Gasteiger partial charge is 0.196 e. The Morgan fingerprint density at radius 2 is 1.75 bits per heavy atom. The third kappa shape index (κ3) is 2.72. The molecule has 2 aromatic rings. The van der Waals surface area contributed by atoms with E-state index in [0.29, 0.717) is 11.5 Å². The minimum absolute atomic E-state index is 0.0293. The van der Waals surface area contributed by atoms with Crippen molar-refractivity contribution in [3.8, 4) is 5.75 Å². The van der Waals surface area contributed by atoms with Crippen molar-refractivity contribution >= 4 is 5.78 Å². The van der Waals surface area contributed by atoms with Crippen molar-refractivity contribution in [3.05, 3.63) is 65.0 Å². The molecule has 0 heterocycles. The number of ether oxygens (including phenoxy) is 1. The summed E-state index contributed by atoms with van der Waals surface area (Å²) in [5.41, 5.74) is 1.65. The highest BCUT2D eigenvalue weighted by molar-refractivity contribution is 6.09. The highest BCUT2D eigenvalue weighted by atomic mass is 19.1. The van der Waals surface area contributed by atoms with Crippen molar-refractivity contribution in [1.82, 2.24) is 0 Å². The van der Waals surface area contributed by atoms with Crippen LogP contribution in [0.4, 0.5) is 4.39 Å². The first-order valence-corrected chi connectivity index (χ1v) is 6.51. The number of hydrogen-bond donors (Lipinski definition) is 0. The number of carbonyl (C=O) groups excluding carboxylic acids is 1. The summed E-state index contributed by atoms with van der Waals surface area (Å²) in [6, 6.07) is 11.8. The lowest BCUT2D eigenvalue weighted by Crippen LogP contribution is -2.05. The SMILES string of the molecule is COc1cccc(C(=O)c2ccc(C(C)C)cc2)c1F. The lowest BCUT2D eigenvalue weighted by Gasteiger charge is -2.08. The summed E-state index contributed by atoms with van der Waals surface area (Å²) in [6.07, 6.45) is 0. The van der Waals surface area contributed by atoms with Gasteiger partial charge >= 0.3 is 0 Å². The fourth-order valence-corrected chi connectivity index (χ4v) is 2.02. The molecule has 0 aliphatic heterocycles. The maximum absolute atomic E-state index is 14.1. The molecule has 2 aromatic carbocycles. The van der Waals surface area contributed by atoms with Gasteiger partial charge in [-0.05, 0) is 23.6 Å².